The summed E-state index contributed by atoms with van der Waals surface area (Å²) in [5.41, 5.74) is 0.634. The van der Waals surface area contributed by atoms with Crippen LogP contribution in [0.3, 0.4) is 0 Å². The number of hydrogen-bond donors (Lipinski definition) is 7. The van der Waals surface area contributed by atoms with Crippen LogP contribution in [0.4, 0.5) is 0 Å². The Bertz CT molecular complexity index is 908. The molecule has 1 amide bonds. The molecule has 0 unspecified atom stereocenters. The zero-order valence-corrected chi connectivity index (χ0v) is 17.1. The molecule has 2 rings (SSSR count). The van der Waals surface area contributed by atoms with Gasteiger partial charge >= 0.3 is 11.9 Å². The van der Waals surface area contributed by atoms with Crippen LogP contribution in [0.25, 0.3) is 6.08 Å². The van der Waals surface area contributed by atoms with Crippen molar-refractivity contribution in [3.8, 4) is 0 Å². The van der Waals surface area contributed by atoms with Gasteiger partial charge < -0.3 is 40.7 Å². The van der Waals surface area contributed by atoms with Gasteiger partial charge in [0.15, 0.2) is 6.10 Å². The van der Waals surface area contributed by atoms with E-state index in [1.807, 2.05) is 0 Å². The molecule has 1 aromatic carbocycles. The zero-order chi connectivity index (χ0) is 24.0. The van der Waals surface area contributed by atoms with E-state index in [-0.39, 0.29) is 17.6 Å². The number of carbonyl (C=O) groups excluding carboxylic acids is 1. The molecule has 1 heterocycles. The normalized spacial score (nSPS) is 22.8. The average Bonchev–Trinajstić information content (AvgIpc) is 2.74. The fourth-order valence-electron chi connectivity index (χ4n) is 3.28. The maximum atomic E-state index is 11.7. The number of aliphatic hydroxyl groups excluding tert-OH is 4. The molecule has 1 aliphatic rings. The fourth-order valence-corrected chi connectivity index (χ4v) is 3.28. The van der Waals surface area contributed by atoms with Crippen LogP contribution >= 0.6 is 0 Å². The van der Waals surface area contributed by atoms with E-state index in [0.717, 1.165) is 6.92 Å². The first-order valence-electron chi connectivity index (χ1n) is 9.61. The number of allylic oxidation sites excluding steroid dienone is 1. The molecule has 7 N–H and O–H groups in total. The summed E-state index contributed by atoms with van der Waals surface area (Å²) in [6, 6.07) is 4.58. The number of nitrogens with one attached hydrogen (secondary N) is 1. The Morgan fingerprint density at radius 3 is 2.25 bits per heavy atom. The molecule has 0 saturated carbocycles. The molecule has 0 fully saturated rings. The van der Waals surface area contributed by atoms with E-state index in [0.29, 0.717) is 5.56 Å². The van der Waals surface area contributed by atoms with Gasteiger partial charge in [-0.3, -0.25) is 4.79 Å². The van der Waals surface area contributed by atoms with Crippen molar-refractivity contribution < 1.29 is 49.8 Å². The van der Waals surface area contributed by atoms with Crippen LogP contribution in [0.2, 0.25) is 0 Å². The van der Waals surface area contributed by atoms with Crippen LogP contribution in [0, 0.1) is 0 Å². The van der Waals surface area contributed by atoms with E-state index in [2.05, 4.69) is 5.32 Å². The minimum atomic E-state index is -1.80. The largest absolute Gasteiger partial charge is 0.478 e. The summed E-state index contributed by atoms with van der Waals surface area (Å²) in [7, 11) is 0. The number of hydrogen-bond acceptors (Lipinski definition) is 8. The number of carboxylic acid groups (broad SMARTS) is 2. The zero-order valence-electron chi connectivity index (χ0n) is 17.1. The molecule has 0 radical (unpaired) electrons. The van der Waals surface area contributed by atoms with Gasteiger partial charge in [0.05, 0.1) is 18.2 Å². The summed E-state index contributed by atoms with van der Waals surface area (Å²) in [6.07, 6.45) is -3.63. The van der Waals surface area contributed by atoms with Crippen molar-refractivity contribution in [2.75, 3.05) is 6.61 Å². The minimum absolute atomic E-state index is 0.0865. The Morgan fingerprint density at radius 1 is 1.12 bits per heavy atom. The maximum absolute atomic E-state index is 11.7. The van der Waals surface area contributed by atoms with Crippen molar-refractivity contribution in [2.45, 2.75) is 43.8 Å². The van der Waals surface area contributed by atoms with Gasteiger partial charge in [-0.1, -0.05) is 24.3 Å². The lowest BCUT2D eigenvalue weighted by Gasteiger charge is -2.40. The molecule has 0 saturated heterocycles. The summed E-state index contributed by atoms with van der Waals surface area (Å²) in [5, 5.41) is 60.7. The third-order valence-corrected chi connectivity index (χ3v) is 4.88. The van der Waals surface area contributed by atoms with Crippen LogP contribution in [0.5, 0.6) is 0 Å². The third kappa shape index (κ3) is 5.92. The van der Waals surface area contributed by atoms with Crippen molar-refractivity contribution in [2.24, 2.45) is 0 Å². The molecule has 32 heavy (non-hydrogen) atoms. The van der Waals surface area contributed by atoms with Crippen LogP contribution in [0.15, 0.2) is 41.7 Å². The van der Waals surface area contributed by atoms with Crippen LogP contribution in [-0.4, -0.2) is 85.5 Å². The summed E-state index contributed by atoms with van der Waals surface area (Å²) in [6.45, 7) is 0.293. The van der Waals surface area contributed by atoms with Crippen molar-refractivity contribution in [1.82, 2.24) is 5.32 Å². The Hall–Kier alpha value is -3.25. The number of aliphatic carboxylic acids is 1. The predicted molar refractivity (Wildman–Crippen MR) is 109 cm³/mol. The van der Waals surface area contributed by atoms with Gasteiger partial charge in [-0.15, -0.1) is 0 Å². The first-order chi connectivity index (χ1) is 15.1. The summed E-state index contributed by atoms with van der Waals surface area (Å²) in [4.78, 5) is 34.2. The molecule has 1 aromatic rings. The van der Waals surface area contributed by atoms with Crippen LogP contribution in [0.1, 0.15) is 29.3 Å². The molecule has 174 valence electrons. The Kier molecular flexibility index (Phi) is 8.49. The highest BCUT2D eigenvalue weighted by molar-refractivity contribution is 5.88. The summed E-state index contributed by atoms with van der Waals surface area (Å²) < 4.78 is 5.36. The highest BCUT2D eigenvalue weighted by atomic mass is 16.5. The van der Waals surface area contributed by atoms with Gasteiger partial charge in [-0.25, -0.2) is 9.59 Å². The maximum Gasteiger partial charge on any atom is 0.371 e. The quantitative estimate of drug-likeness (QED) is 0.247. The fraction of sp³-hybridized carbons (Fsp3) is 0.381. The second-order valence-electron chi connectivity index (χ2n) is 7.19. The number of carboxylic acids is 2. The Morgan fingerprint density at radius 2 is 1.75 bits per heavy atom. The predicted octanol–water partition coefficient (Wildman–Crippen LogP) is -0.895. The van der Waals surface area contributed by atoms with E-state index < -0.39 is 60.7 Å². The molecule has 0 bridgehead atoms. The highest BCUT2D eigenvalue weighted by Crippen LogP contribution is 2.30. The first kappa shape index (κ1) is 25.0. The number of ether oxygens (including phenoxy) is 1. The van der Waals surface area contributed by atoms with E-state index in [1.165, 1.54) is 18.2 Å². The summed E-state index contributed by atoms with van der Waals surface area (Å²) >= 11 is 0. The molecule has 11 nitrogen and oxygen atoms in total. The lowest BCUT2D eigenvalue weighted by atomic mass is 9.87. The molecular weight excluding hydrogens is 426 g/mol. The van der Waals surface area contributed by atoms with Gasteiger partial charge in [-0.05, 0) is 24.1 Å². The van der Waals surface area contributed by atoms with E-state index in [9.17, 15) is 34.8 Å². The SMILES string of the molecule is CC(=O)N[C@H]1[C@H]([C@H](O)[C@H](O)CO)OC(C(=O)O)=C(C/C=C/c2ccc(C(=O)O)cc2)[C@@H]1O. The van der Waals surface area contributed by atoms with Gasteiger partial charge in [-0.2, -0.15) is 0 Å². The lowest BCUT2D eigenvalue weighted by Crippen LogP contribution is -2.61. The molecule has 1 aliphatic heterocycles. The topological polar surface area (TPSA) is 194 Å². The molecule has 0 spiro atoms. The number of rotatable bonds is 9. The van der Waals surface area contributed by atoms with Gasteiger partial charge in [0.25, 0.3) is 0 Å². The first-order valence-corrected chi connectivity index (χ1v) is 9.61. The number of amides is 1. The number of aliphatic hydroxyl groups is 4. The third-order valence-electron chi connectivity index (χ3n) is 4.88. The highest BCUT2D eigenvalue weighted by Gasteiger charge is 2.46. The minimum Gasteiger partial charge on any atom is -0.478 e. The Balaban J connectivity index is 2.33. The van der Waals surface area contributed by atoms with Gasteiger partial charge in [0.1, 0.15) is 18.3 Å². The number of aromatic carboxylic acids is 1. The van der Waals surface area contributed by atoms with Crippen molar-refractivity contribution in [1.29, 1.82) is 0 Å². The van der Waals surface area contributed by atoms with Crippen molar-refractivity contribution >= 4 is 23.9 Å². The standard InChI is InChI=1S/C21H25NO10/c1-10(24)22-15-16(26)13(4-2-3-11-5-7-12(8-6-11)20(28)29)18(21(30)31)32-19(15)17(27)14(25)9-23/h2-3,5-8,14-17,19,23,25-27H,4,9H2,1H3,(H,22,24)(H,28,29)(H,30,31)/b3-2+/t14-,15-,16+,17-,19-/m1/s1. The van der Waals surface area contributed by atoms with Crippen molar-refractivity contribution in [3.05, 3.63) is 52.8 Å². The number of benzene rings is 1. The molecule has 5 atom stereocenters. The van der Waals surface area contributed by atoms with E-state index in [4.69, 9.17) is 14.9 Å². The monoisotopic (exact) mass is 451 g/mol. The summed E-state index contributed by atoms with van der Waals surface area (Å²) in [5.74, 6) is -3.86. The second kappa shape index (κ2) is 10.9. The van der Waals surface area contributed by atoms with E-state index in [1.54, 1.807) is 18.2 Å². The molecule has 0 aromatic heterocycles. The van der Waals surface area contributed by atoms with Gasteiger partial charge in [0.2, 0.25) is 11.7 Å². The lowest BCUT2D eigenvalue weighted by molar-refractivity contribution is -0.150. The Labute approximate surface area is 182 Å². The molecule has 11 heteroatoms. The molecule has 0 aliphatic carbocycles. The smallest absolute Gasteiger partial charge is 0.371 e. The number of carbonyl (C=O) groups is 3. The molecular formula is C21H25NO10. The van der Waals surface area contributed by atoms with Crippen molar-refractivity contribution in [3.63, 3.8) is 0 Å². The van der Waals surface area contributed by atoms with Crippen LogP contribution in [-0.2, 0) is 14.3 Å². The second-order valence-corrected chi connectivity index (χ2v) is 7.19. The van der Waals surface area contributed by atoms with Gasteiger partial charge in [0, 0.05) is 12.5 Å². The van der Waals surface area contributed by atoms with Crippen LogP contribution < -0.4 is 5.32 Å². The van der Waals surface area contributed by atoms with E-state index >= 15 is 0 Å². The average molecular weight is 451 g/mol.